The lowest BCUT2D eigenvalue weighted by Gasteiger charge is -2.38. The van der Waals surface area contributed by atoms with Gasteiger partial charge in [-0.25, -0.2) is 0 Å². The SMILES string of the molecule is O=C1CS(=O)[C@H]2[C@H](O)[C@H](O)[C@H](O)CN12. The van der Waals surface area contributed by atoms with Gasteiger partial charge in [-0.3, -0.25) is 9.00 Å². The average Bonchev–Trinajstić information content (AvgIpc) is 2.38. The molecule has 0 spiro atoms. The van der Waals surface area contributed by atoms with Crippen LogP contribution in [0.1, 0.15) is 0 Å². The van der Waals surface area contributed by atoms with E-state index in [1.54, 1.807) is 0 Å². The standard InChI is InChI=1S/C7H11NO5S/c9-3-1-8-4(10)2-14(13)7(8)6(12)5(3)11/h3,5-7,9,11-12H,1-2H2/t3-,5-,6-,7+,14?/m1/s1. The van der Waals surface area contributed by atoms with Gasteiger partial charge in [0.1, 0.15) is 29.4 Å². The van der Waals surface area contributed by atoms with E-state index in [2.05, 4.69) is 0 Å². The van der Waals surface area contributed by atoms with Crippen molar-refractivity contribution in [2.45, 2.75) is 23.7 Å². The zero-order chi connectivity index (χ0) is 10.5. The van der Waals surface area contributed by atoms with Crippen molar-refractivity contribution in [3.63, 3.8) is 0 Å². The Morgan fingerprint density at radius 3 is 2.57 bits per heavy atom. The lowest BCUT2D eigenvalue weighted by atomic mass is 10.0. The average molecular weight is 221 g/mol. The summed E-state index contributed by atoms with van der Waals surface area (Å²) in [5.41, 5.74) is 0. The van der Waals surface area contributed by atoms with Crippen molar-refractivity contribution in [3.05, 3.63) is 0 Å². The first kappa shape index (κ1) is 10.0. The molecule has 3 N–H and O–H groups in total. The number of carbonyl (C=O) groups excluding carboxylic acids is 1. The van der Waals surface area contributed by atoms with Gasteiger partial charge in [0.15, 0.2) is 0 Å². The summed E-state index contributed by atoms with van der Waals surface area (Å²) in [4.78, 5) is 12.4. The largest absolute Gasteiger partial charge is 0.388 e. The van der Waals surface area contributed by atoms with Crippen molar-refractivity contribution in [2.75, 3.05) is 12.3 Å². The number of amides is 1. The summed E-state index contributed by atoms with van der Waals surface area (Å²) in [6.45, 7) is -0.0620. The highest BCUT2D eigenvalue weighted by atomic mass is 32.2. The second kappa shape index (κ2) is 3.27. The number of nitrogens with zero attached hydrogens (tertiary/aromatic N) is 1. The minimum atomic E-state index is -1.48. The molecule has 0 aromatic carbocycles. The molecule has 2 heterocycles. The molecule has 1 amide bonds. The van der Waals surface area contributed by atoms with Crippen LogP contribution in [-0.2, 0) is 15.6 Å². The van der Waals surface area contributed by atoms with Crippen LogP contribution in [0.5, 0.6) is 0 Å². The quantitative estimate of drug-likeness (QED) is 0.405. The molecule has 14 heavy (non-hydrogen) atoms. The second-order valence-corrected chi connectivity index (χ2v) is 5.04. The van der Waals surface area contributed by atoms with Gasteiger partial charge >= 0.3 is 0 Å². The van der Waals surface area contributed by atoms with Crippen LogP contribution in [0, 0.1) is 0 Å². The summed E-state index contributed by atoms with van der Waals surface area (Å²) in [7, 11) is -1.48. The summed E-state index contributed by atoms with van der Waals surface area (Å²) in [5.74, 6) is -0.486. The molecule has 6 nitrogen and oxygen atoms in total. The van der Waals surface area contributed by atoms with Crippen LogP contribution in [0.3, 0.4) is 0 Å². The topological polar surface area (TPSA) is 98.1 Å². The van der Waals surface area contributed by atoms with Gasteiger partial charge in [-0.15, -0.1) is 0 Å². The summed E-state index contributed by atoms with van der Waals surface area (Å²) in [6, 6.07) is 0. The lowest BCUT2D eigenvalue weighted by Crippen LogP contribution is -2.60. The van der Waals surface area contributed by atoms with Crippen LogP contribution >= 0.6 is 0 Å². The van der Waals surface area contributed by atoms with E-state index >= 15 is 0 Å². The van der Waals surface area contributed by atoms with Gasteiger partial charge in [-0.1, -0.05) is 0 Å². The zero-order valence-corrected chi connectivity index (χ0v) is 8.05. The van der Waals surface area contributed by atoms with Crippen molar-refractivity contribution >= 4 is 16.7 Å². The van der Waals surface area contributed by atoms with Gasteiger partial charge in [0.2, 0.25) is 5.91 Å². The van der Waals surface area contributed by atoms with E-state index < -0.39 is 34.5 Å². The molecule has 0 bridgehead atoms. The van der Waals surface area contributed by atoms with E-state index in [1.807, 2.05) is 0 Å². The maximum atomic E-state index is 11.4. The van der Waals surface area contributed by atoms with Gasteiger partial charge in [0.05, 0.1) is 17.3 Å². The van der Waals surface area contributed by atoms with E-state index in [0.29, 0.717) is 0 Å². The van der Waals surface area contributed by atoms with E-state index in [4.69, 9.17) is 0 Å². The third kappa shape index (κ3) is 1.28. The van der Waals surface area contributed by atoms with Crippen molar-refractivity contribution in [2.24, 2.45) is 0 Å². The Morgan fingerprint density at radius 2 is 1.93 bits per heavy atom. The normalized spacial score (nSPS) is 48.1. The Labute approximate surface area is 82.6 Å². The Hall–Kier alpha value is -0.500. The number of carbonyl (C=O) groups is 1. The summed E-state index contributed by atoms with van der Waals surface area (Å²) < 4.78 is 11.4. The molecule has 2 saturated heterocycles. The van der Waals surface area contributed by atoms with Crippen molar-refractivity contribution in [1.82, 2.24) is 4.90 Å². The first-order chi connectivity index (χ1) is 6.52. The van der Waals surface area contributed by atoms with Gasteiger partial charge < -0.3 is 20.2 Å². The highest BCUT2D eigenvalue weighted by molar-refractivity contribution is 7.86. The molecule has 2 fully saturated rings. The Balaban J connectivity index is 2.28. The van der Waals surface area contributed by atoms with E-state index in [1.165, 1.54) is 4.90 Å². The van der Waals surface area contributed by atoms with Gasteiger partial charge in [0.25, 0.3) is 0 Å². The summed E-state index contributed by atoms with van der Waals surface area (Å²) in [5, 5.41) is 27.3. The molecule has 2 aliphatic rings. The maximum absolute atomic E-state index is 11.4. The molecule has 5 atom stereocenters. The first-order valence-corrected chi connectivity index (χ1v) is 5.61. The minimum Gasteiger partial charge on any atom is -0.388 e. The number of hydrogen-bond acceptors (Lipinski definition) is 5. The minimum absolute atomic E-state index is 0.0620. The van der Waals surface area contributed by atoms with E-state index in [9.17, 15) is 24.3 Å². The molecule has 2 aliphatic heterocycles. The van der Waals surface area contributed by atoms with Crippen molar-refractivity contribution < 1.29 is 24.3 Å². The Bertz CT molecular complexity index is 296. The zero-order valence-electron chi connectivity index (χ0n) is 7.24. The third-order valence-electron chi connectivity index (χ3n) is 2.58. The maximum Gasteiger partial charge on any atom is 0.236 e. The predicted octanol–water partition coefficient (Wildman–Crippen LogP) is -3.00. The second-order valence-electron chi connectivity index (χ2n) is 3.51. The first-order valence-electron chi connectivity index (χ1n) is 4.23. The van der Waals surface area contributed by atoms with Gasteiger partial charge in [-0.05, 0) is 0 Å². The highest BCUT2D eigenvalue weighted by Gasteiger charge is 2.50. The number of rotatable bonds is 0. The number of piperidine rings is 1. The smallest absolute Gasteiger partial charge is 0.236 e. The fourth-order valence-electron chi connectivity index (χ4n) is 1.83. The van der Waals surface area contributed by atoms with Crippen LogP contribution in [0.2, 0.25) is 0 Å². The van der Waals surface area contributed by atoms with Crippen LogP contribution in [-0.4, -0.2) is 66.3 Å². The van der Waals surface area contributed by atoms with Crippen LogP contribution in [0.25, 0.3) is 0 Å². The summed E-state index contributed by atoms with van der Waals surface area (Å²) in [6.07, 6.45) is -3.82. The number of aliphatic hydroxyl groups excluding tert-OH is 3. The molecule has 0 saturated carbocycles. The van der Waals surface area contributed by atoms with E-state index in [0.717, 1.165) is 0 Å². The number of fused-ring (bicyclic) bond motifs is 1. The van der Waals surface area contributed by atoms with Crippen LogP contribution in [0.15, 0.2) is 0 Å². The van der Waals surface area contributed by atoms with Gasteiger partial charge in [-0.2, -0.15) is 0 Å². The molecule has 0 aromatic rings. The van der Waals surface area contributed by atoms with Crippen molar-refractivity contribution in [3.8, 4) is 0 Å². The van der Waals surface area contributed by atoms with Crippen LogP contribution < -0.4 is 0 Å². The number of hydrogen-bond donors (Lipinski definition) is 3. The van der Waals surface area contributed by atoms with Gasteiger partial charge in [0, 0.05) is 0 Å². The molecule has 2 rings (SSSR count). The summed E-state index contributed by atoms with van der Waals surface area (Å²) >= 11 is 0. The fourth-order valence-corrected chi connectivity index (χ4v) is 3.36. The lowest BCUT2D eigenvalue weighted by molar-refractivity contribution is -0.147. The molecule has 1 unspecified atom stereocenters. The molecule has 80 valence electrons. The van der Waals surface area contributed by atoms with Crippen LogP contribution in [0.4, 0.5) is 0 Å². The fraction of sp³-hybridized carbons (Fsp3) is 0.857. The Kier molecular flexibility index (Phi) is 2.34. The molecular formula is C7H11NO5S. The predicted molar refractivity (Wildman–Crippen MR) is 46.5 cm³/mol. The molecule has 0 radical (unpaired) electrons. The third-order valence-corrected chi connectivity index (χ3v) is 4.19. The molecule has 0 aromatic heterocycles. The van der Waals surface area contributed by atoms with Crippen molar-refractivity contribution in [1.29, 1.82) is 0 Å². The molecular weight excluding hydrogens is 210 g/mol. The molecule has 0 aliphatic carbocycles. The monoisotopic (exact) mass is 221 g/mol. The highest BCUT2D eigenvalue weighted by Crippen LogP contribution is 2.26. The Morgan fingerprint density at radius 1 is 1.29 bits per heavy atom. The molecule has 7 heteroatoms. The number of aliphatic hydroxyl groups is 3. The van der Waals surface area contributed by atoms with E-state index in [-0.39, 0.29) is 18.2 Å².